The Bertz CT molecular complexity index is 1500. The van der Waals surface area contributed by atoms with Gasteiger partial charge in [0.05, 0.1) is 24.8 Å². The molecule has 0 spiro atoms. The van der Waals surface area contributed by atoms with E-state index < -0.39 is 5.97 Å². The summed E-state index contributed by atoms with van der Waals surface area (Å²) in [5.74, 6) is 0.486. The molecular weight excluding hydrogens is 402 g/mol. The molecular formula is C27H23NO4. The van der Waals surface area contributed by atoms with E-state index in [0.717, 1.165) is 44.2 Å². The Labute approximate surface area is 185 Å². The average molecular weight is 425 g/mol. The van der Waals surface area contributed by atoms with Crippen LogP contribution in [0.4, 0.5) is 0 Å². The van der Waals surface area contributed by atoms with Gasteiger partial charge in [0.25, 0.3) is 0 Å². The van der Waals surface area contributed by atoms with Crippen molar-refractivity contribution in [2.75, 3.05) is 13.7 Å². The highest BCUT2D eigenvalue weighted by molar-refractivity contribution is 6.19. The number of nitrogens with zero attached hydrogens (tertiary/aromatic N) is 1. The molecule has 0 atom stereocenters. The number of methoxy groups -OCH3 is 1. The molecule has 0 unspecified atom stereocenters. The molecule has 1 N–H and O–H groups in total. The van der Waals surface area contributed by atoms with Crippen molar-refractivity contribution in [3.63, 3.8) is 0 Å². The molecule has 1 heterocycles. The molecule has 5 rings (SSSR count). The van der Waals surface area contributed by atoms with Crippen molar-refractivity contribution in [3.8, 4) is 17.2 Å². The van der Waals surface area contributed by atoms with Crippen LogP contribution in [-0.2, 0) is 4.74 Å². The Morgan fingerprint density at radius 3 is 2.22 bits per heavy atom. The Kier molecular flexibility index (Phi) is 4.74. The van der Waals surface area contributed by atoms with Crippen LogP contribution in [0, 0.1) is 6.92 Å². The molecule has 0 aliphatic carbocycles. The number of fused-ring (bicyclic) bond motifs is 4. The molecule has 0 radical (unpaired) electrons. The number of ether oxygens (including phenoxy) is 2. The normalized spacial score (nSPS) is 11.3. The maximum atomic E-state index is 12.9. The van der Waals surface area contributed by atoms with E-state index in [-0.39, 0.29) is 12.4 Å². The van der Waals surface area contributed by atoms with Crippen LogP contribution in [0.3, 0.4) is 0 Å². The fourth-order valence-corrected chi connectivity index (χ4v) is 4.50. The van der Waals surface area contributed by atoms with Crippen LogP contribution in [-0.4, -0.2) is 29.4 Å². The van der Waals surface area contributed by atoms with Crippen LogP contribution < -0.4 is 4.74 Å². The van der Waals surface area contributed by atoms with Crippen molar-refractivity contribution in [1.29, 1.82) is 0 Å². The number of phenolic OH excluding ortho intramolecular Hbond substituents is 1. The minimum absolute atomic E-state index is 0.135. The third-order valence-corrected chi connectivity index (χ3v) is 5.95. The zero-order valence-corrected chi connectivity index (χ0v) is 18.2. The van der Waals surface area contributed by atoms with Crippen LogP contribution in [0.25, 0.3) is 38.1 Å². The number of hydrogen-bond acceptors (Lipinski definition) is 4. The highest BCUT2D eigenvalue weighted by atomic mass is 16.5. The molecule has 160 valence electrons. The first-order valence-electron chi connectivity index (χ1n) is 10.5. The standard InChI is InChI=1S/C27H23NO4/c1-4-32-27(30)25-16(2)28(19-9-11-20(31-3)12-10-19)26-22-14-18-8-6-5-7-17(18)13-21(22)24(29)15-23(25)26/h5-15,29H,4H2,1-3H3. The number of benzene rings is 4. The SMILES string of the molecule is CCOC(=O)c1c(C)n(-c2ccc(OC)cc2)c2c1cc(O)c1cc3ccccc3cc12. The quantitative estimate of drug-likeness (QED) is 0.278. The molecule has 32 heavy (non-hydrogen) atoms. The Morgan fingerprint density at radius 1 is 0.938 bits per heavy atom. The Balaban J connectivity index is 1.95. The maximum absolute atomic E-state index is 12.9. The van der Waals surface area contributed by atoms with E-state index in [1.807, 2.05) is 61.5 Å². The Hall–Kier alpha value is -3.99. The molecule has 0 amide bonds. The zero-order chi connectivity index (χ0) is 22.4. The van der Waals surface area contributed by atoms with Crippen LogP contribution in [0.2, 0.25) is 0 Å². The zero-order valence-electron chi connectivity index (χ0n) is 18.2. The van der Waals surface area contributed by atoms with Gasteiger partial charge in [-0.3, -0.25) is 0 Å². The minimum Gasteiger partial charge on any atom is -0.507 e. The molecule has 0 saturated carbocycles. The van der Waals surface area contributed by atoms with Crippen molar-refractivity contribution in [2.24, 2.45) is 0 Å². The molecule has 0 aliphatic rings. The maximum Gasteiger partial charge on any atom is 0.340 e. The summed E-state index contributed by atoms with van der Waals surface area (Å²) in [6.07, 6.45) is 0. The second-order valence-corrected chi connectivity index (χ2v) is 7.75. The fraction of sp³-hybridized carbons (Fsp3) is 0.148. The summed E-state index contributed by atoms with van der Waals surface area (Å²) in [7, 11) is 1.63. The van der Waals surface area contributed by atoms with E-state index in [9.17, 15) is 9.90 Å². The monoisotopic (exact) mass is 425 g/mol. The van der Waals surface area contributed by atoms with Gasteiger partial charge in [0.1, 0.15) is 11.5 Å². The molecule has 0 bridgehead atoms. The summed E-state index contributed by atoms with van der Waals surface area (Å²) in [5, 5.41) is 15.3. The van der Waals surface area contributed by atoms with E-state index in [1.165, 1.54) is 0 Å². The number of rotatable bonds is 4. The lowest BCUT2D eigenvalue weighted by Gasteiger charge is -2.12. The van der Waals surface area contributed by atoms with Gasteiger partial charge < -0.3 is 19.1 Å². The fourth-order valence-electron chi connectivity index (χ4n) is 4.50. The summed E-state index contributed by atoms with van der Waals surface area (Å²) in [5.41, 5.74) is 2.96. The van der Waals surface area contributed by atoms with Gasteiger partial charge in [-0.2, -0.15) is 0 Å². The molecule has 5 nitrogen and oxygen atoms in total. The van der Waals surface area contributed by atoms with Gasteiger partial charge in [0.2, 0.25) is 0 Å². The second kappa shape index (κ2) is 7.61. The topological polar surface area (TPSA) is 60.7 Å². The van der Waals surface area contributed by atoms with Gasteiger partial charge >= 0.3 is 5.97 Å². The van der Waals surface area contributed by atoms with E-state index in [2.05, 4.69) is 10.6 Å². The van der Waals surface area contributed by atoms with Gasteiger partial charge in [-0.05, 0) is 67.1 Å². The second-order valence-electron chi connectivity index (χ2n) is 7.75. The number of carbonyl (C=O) groups excluding carboxylic acids is 1. The van der Waals surface area contributed by atoms with Crippen LogP contribution >= 0.6 is 0 Å². The largest absolute Gasteiger partial charge is 0.507 e. The summed E-state index contributed by atoms with van der Waals surface area (Å²) in [4.78, 5) is 12.9. The first-order valence-corrected chi connectivity index (χ1v) is 10.5. The number of hydrogen-bond donors (Lipinski definition) is 1. The van der Waals surface area contributed by atoms with Crippen molar-refractivity contribution in [1.82, 2.24) is 4.57 Å². The predicted molar refractivity (Wildman–Crippen MR) is 127 cm³/mol. The lowest BCUT2D eigenvalue weighted by atomic mass is 9.99. The van der Waals surface area contributed by atoms with E-state index in [0.29, 0.717) is 10.9 Å². The first kappa shape index (κ1) is 19.9. The number of phenols is 1. The minimum atomic E-state index is -0.401. The van der Waals surface area contributed by atoms with Crippen LogP contribution in [0.5, 0.6) is 11.5 Å². The van der Waals surface area contributed by atoms with Gasteiger partial charge in [-0.15, -0.1) is 0 Å². The third kappa shape index (κ3) is 2.97. The third-order valence-electron chi connectivity index (χ3n) is 5.95. The number of aromatic nitrogens is 1. The summed E-state index contributed by atoms with van der Waals surface area (Å²) < 4.78 is 12.7. The molecule has 4 aromatic carbocycles. The molecule has 5 heteroatoms. The number of carbonyl (C=O) groups is 1. The number of esters is 1. The predicted octanol–water partition coefficient (Wildman–Crippen LogP) is 6.14. The van der Waals surface area contributed by atoms with E-state index in [4.69, 9.17) is 9.47 Å². The van der Waals surface area contributed by atoms with E-state index >= 15 is 0 Å². The van der Waals surface area contributed by atoms with E-state index in [1.54, 1.807) is 20.1 Å². The smallest absolute Gasteiger partial charge is 0.340 e. The molecule has 5 aromatic rings. The Morgan fingerprint density at radius 2 is 1.59 bits per heavy atom. The van der Waals surface area contributed by atoms with Crippen molar-refractivity contribution in [3.05, 3.63) is 78.0 Å². The van der Waals surface area contributed by atoms with Crippen LogP contribution in [0.15, 0.2) is 66.7 Å². The average Bonchev–Trinajstić information content (AvgIpc) is 3.10. The summed E-state index contributed by atoms with van der Waals surface area (Å²) in [6.45, 7) is 3.97. The highest BCUT2D eigenvalue weighted by Crippen LogP contribution is 2.41. The van der Waals surface area contributed by atoms with Gasteiger partial charge in [0, 0.05) is 27.5 Å². The molecule has 0 aliphatic heterocycles. The summed E-state index contributed by atoms with van der Waals surface area (Å²) >= 11 is 0. The van der Waals surface area contributed by atoms with Gasteiger partial charge in [-0.1, -0.05) is 24.3 Å². The van der Waals surface area contributed by atoms with Crippen molar-refractivity contribution < 1.29 is 19.4 Å². The summed E-state index contributed by atoms with van der Waals surface area (Å²) in [6, 6.07) is 21.5. The van der Waals surface area contributed by atoms with Gasteiger partial charge in [0.15, 0.2) is 0 Å². The van der Waals surface area contributed by atoms with Gasteiger partial charge in [-0.25, -0.2) is 4.79 Å². The highest BCUT2D eigenvalue weighted by Gasteiger charge is 2.25. The molecule has 0 fully saturated rings. The lowest BCUT2D eigenvalue weighted by molar-refractivity contribution is 0.0527. The van der Waals surface area contributed by atoms with Crippen molar-refractivity contribution in [2.45, 2.75) is 13.8 Å². The van der Waals surface area contributed by atoms with Crippen LogP contribution in [0.1, 0.15) is 23.0 Å². The lowest BCUT2D eigenvalue weighted by Crippen LogP contribution is -2.07. The first-order chi connectivity index (χ1) is 15.5. The molecule has 1 aromatic heterocycles. The molecule has 0 saturated heterocycles. The number of aromatic hydroxyl groups is 1. The van der Waals surface area contributed by atoms with Crippen molar-refractivity contribution >= 4 is 38.4 Å².